The van der Waals surface area contributed by atoms with E-state index in [2.05, 4.69) is 5.32 Å². The van der Waals surface area contributed by atoms with Crippen LogP contribution in [0.2, 0.25) is 5.02 Å². The highest BCUT2D eigenvalue weighted by atomic mass is 35.5. The largest absolute Gasteiger partial charge is 0.462 e. The average Bonchev–Trinajstić information content (AvgIpc) is 2.49. The molecule has 1 aromatic carbocycles. The van der Waals surface area contributed by atoms with E-state index in [4.69, 9.17) is 21.6 Å². The summed E-state index contributed by atoms with van der Waals surface area (Å²) in [5, 5.41) is 11.8. The van der Waals surface area contributed by atoms with Gasteiger partial charge in [-0.3, -0.25) is 0 Å². The molecule has 0 aliphatic carbocycles. The fourth-order valence-electron chi connectivity index (χ4n) is 1.48. The number of anilines is 1. The summed E-state index contributed by atoms with van der Waals surface area (Å²) in [6.07, 6.45) is 1.12. The predicted octanol–water partition coefficient (Wildman–Crippen LogP) is 1.97. The minimum Gasteiger partial charge on any atom is -0.462 e. The van der Waals surface area contributed by atoms with Crippen molar-refractivity contribution in [2.75, 3.05) is 26.0 Å². The Hall–Kier alpha value is -2.08. The number of carbonyl (C=O) groups is 1. The molecule has 0 unspecified atom stereocenters. The van der Waals surface area contributed by atoms with Crippen molar-refractivity contribution in [3.8, 4) is 6.07 Å². The van der Waals surface area contributed by atoms with Crippen LogP contribution in [0.4, 0.5) is 5.69 Å². The van der Waals surface area contributed by atoms with Crippen LogP contribution in [0.15, 0.2) is 34.9 Å². The first-order valence-corrected chi connectivity index (χ1v) is 8.31. The zero-order chi connectivity index (χ0) is 17.6. The van der Waals surface area contributed by atoms with E-state index < -0.39 is 16.0 Å². The van der Waals surface area contributed by atoms with Crippen LogP contribution in [-0.2, 0) is 19.6 Å². The summed E-state index contributed by atoms with van der Waals surface area (Å²) in [4.78, 5) is 11.5. The molecule has 9 heteroatoms. The average molecular weight is 358 g/mol. The first kappa shape index (κ1) is 19.0. The molecule has 0 bridgehead atoms. The van der Waals surface area contributed by atoms with Gasteiger partial charge < -0.3 is 10.1 Å². The third-order valence-electron chi connectivity index (χ3n) is 2.70. The Morgan fingerprint density at radius 3 is 2.65 bits per heavy atom. The second kappa shape index (κ2) is 7.97. The number of nitrogens with one attached hydrogen (secondary N) is 1. The number of benzene rings is 1. The number of ether oxygens (including phenoxy) is 1. The van der Waals surface area contributed by atoms with Gasteiger partial charge in [0, 0.05) is 20.3 Å². The van der Waals surface area contributed by atoms with Crippen LogP contribution in [0.1, 0.15) is 6.92 Å². The Morgan fingerprint density at radius 1 is 1.48 bits per heavy atom. The number of hydrogen-bond acceptors (Lipinski definition) is 6. The molecule has 0 saturated heterocycles. The number of sulfonamides is 1. The van der Waals surface area contributed by atoms with Crippen LogP contribution in [0.5, 0.6) is 0 Å². The Kier molecular flexibility index (Phi) is 6.57. The van der Waals surface area contributed by atoms with Crippen LogP contribution >= 0.6 is 11.6 Å². The molecule has 0 saturated carbocycles. The van der Waals surface area contributed by atoms with Crippen molar-refractivity contribution in [1.29, 1.82) is 5.26 Å². The normalized spacial score (nSPS) is 11.9. The monoisotopic (exact) mass is 357 g/mol. The van der Waals surface area contributed by atoms with E-state index in [1.54, 1.807) is 13.0 Å². The van der Waals surface area contributed by atoms with E-state index in [1.807, 2.05) is 0 Å². The molecule has 0 atom stereocenters. The topological polar surface area (TPSA) is 99.5 Å². The molecule has 0 spiro atoms. The third kappa shape index (κ3) is 4.69. The lowest BCUT2D eigenvalue weighted by atomic mass is 10.3. The summed E-state index contributed by atoms with van der Waals surface area (Å²) in [7, 11) is -0.811. The molecule has 0 aliphatic heterocycles. The zero-order valence-electron chi connectivity index (χ0n) is 12.8. The van der Waals surface area contributed by atoms with Gasteiger partial charge in [-0.05, 0) is 25.1 Å². The van der Waals surface area contributed by atoms with Crippen molar-refractivity contribution in [1.82, 2.24) is 4.31 Å². The first-order chi connectivity index (χ1) is 10.7. The molecular formula is C14H16ClN3O4S. The fourth-order valence-corrected chi connectivity index (χ4v) is 2.58. The first-order valence-electron chi connectivity index (χ1n) is 6.50. The van der Waals surface area contributed by atoms with Crippen molar-refractivity contribution in [2.45, 2.75) is 11.8 Å². The van der Waals surface area contributed by atoms with E-state index in [9.17, 15) is 13.2 Å². The molecule has 124 valence electrons. The summed E-state index contributed by atoms with van der Waals surface area (Å²) in [6, 6.07) is 5.78. The molecule has 0 aliphatic rings. The number of hydrogen-bond donors (Lipinski definition) is 1. The minimum absolute atomic E-state index is 0.0254. The molecule has 7 nitrogen and oxygen atoms in total. The Bertz CT molecular complexity index is 767. The molecule has 0 radical (unpaired) electrons. The lowest BCUT2D eigenvalue weighted by molar-refractivity contribution is -0.138. The van der Waals surface area contributed by atoms with Gasteiger partial charge in [0.25, 0.3) is 0 Å². The molecule has 0 heterocycles. The third-order valence-corrected chi connectivity index (χ3v) is 4.84. The van der Waals surface area contributed by atoms with Gasteiger partial charge >= 0.3 is 5.97 Å². The summed E-state index contributed by atoms with van der Waals surface area (Å²) in [5.41, 5.74) is -0.0181. The summed E-state index contributed by atoms with van der Waals surface area (Å²) < 4.78 is 30.0. The van der Waals surface area contributed by atoms with Crippen LogP contribution in [0.25, 0.3) is 0 Å². The van der Waals surface area contributed by atoms with Crippen LogP contribution in [0.3, 0.4) is 0 Å². The lowest BCUT2D eigenvalue weighted by Crippen LogP contribution is -2.22. The van der Waals surface area contributed by atoms with Gasteiger partial charge in [-0.2, -0.15) is 5.26 Å². The van der Waals surface area contributed by atoms with Gasteiger partial charge in [0.15, 0.2) is 5.57 Å². The fraction of sp³-hybridized carbons (Fsp3) is 0.286. The number of esters is 1. The van der Waals surface area contributed by atoms with Gasteiger partial charge in [-0.25, -0.2) is 17.5 Å². The molecule has 23 heavy (non-hydrogen) atoms. The van der Waals surface area contributed by atoms with Crippen molar-refractivity contribution >= 4 is 33.3 Å². The summed E-state index contributed by atoms with van der Waals surface area (Å²) in [5.74, 6) is -0.782. The zero-order valence-corrected chi connectivity index (χ0v) is 14.4. The summed E-state index contributed by atoms with van der Waals surface area (Å²) in [6.45, 7) is 1.75. The van der Waals surface area contributed by atoms with E-state index in [0.717, 1.165) is 10.5 Å². The number of nitrogens with zero attached hydrogens (tertiary/aromatic N) is 2. The lowest BCUT2D eigenvalue weighted by Gasteiger charge is -2.13. The highest BCUT2D eigenvalue weighted by molar-refractivity contribution is 7.89. The van der Waals surface area contributed by atoms with E-state index in [-0.39, 0.29) is 27.8 Å². The van der Waals surface area contributed by atoms with Crippen molar-refractivity contribution in [3.63, 3.8) is 0 Å². The van der Waals surface area contributed by atoms with E-state index in [0.29, 0.717) is 0 Å². The quantitative estimate of drug-likeness (QED) is 0.474. The van der Waals surface area contributed by atoms with Crippen molar-refractivity contribution < 1.29 is 17.9 Å². The minimum atomic E-state index is -3.63. The van der Waals surface area contributed by atoms with Crippen LogP contribution in [0, 0.1) is 11.3 Å². The maximum atomic E-state index is 12.1. The molecule has 1 N–H and O–H groups in total. The summed E-state index contributed by atoms with van der Waals surface area (Å²) >= 11 is 5.99. The van der Waals surface area contributed by atoms with E-state index in [1.165, 1.54) is 32.3 Å². The Labute approximate surface area is 140 Å². The number of carbonyl (C=O) groups excluding carboxylic acids is 1. The van der Waals surface area contributed by atoms with Crippen LogP contribution < -0.4 is 5.32 Å². The molecule has 0 aromatic heterocycles. The van der Waals surface area contributed by atoms with Gasteiger partial charge in [0.2, 0.25) is 10.0 Å². The van der Waals surface area contributed by atoms with Gasteiger partial charge in [0.05, 0.1) is 22.2 Å². The number of halogens is 1. The van der Waals surface area contributed by atoms with Crippen molar-refractivity contribution in [2.24, 2.45) is 0 Å². The Balaban J connectivity index is 3.15. The molecule has 1 rings (SSSR count). The maximum Gasteiger partial charge on any atom is 0.350 e. The number of rotatable bonds is 6. The van der Waals surface area contributed by atoms with E-state index >= 15 is 0 Å². The second-order valence-corrected chi connectivity index (χ2v) is 7.02. The molecule has 0 fully saturated rings. The maximum absolute atomic E-state index is 12.1. The van der Waals surface area contributed by atoms with Gasteiger partial charge in [0.1, 0.15) is 6.07 Å². The SMILES string of the molecule is CCOC(=O)/C(C#N)=C/Nc1cc(S(=O)(=O)N(C)C)ccc1Cl. The highest BCUT2D eigenvalue weighted by Gasteiger charge is 2.18. The van der Waals surface area contributed by atoms with Crippen molar-refractivity contribution in [3.05, 3.63) is 35.0 Å². The second-order valence-electron chi connectivity index (χ2n) is 4.46. The van der Waals surface area contributed by atoms with Gasteiger partial charge in [-0.15, -0.1) is 0 Å². The smallest absolute Gasteiger partial charge is 0.350 e. The predicted molar refractivity (Wildman–Crippen MR) is 86.3 cm³/mol. The highest BCUT2D eigenvalue weighted by Crippen LogP contribution is 2.26. The molecule has 0 amide bonds. The number of nitriles is 1. The molecular weight excluding hydrogens is 342 g/mol. The van der Waals surface area contributed by atoms with Gasteiger partial charge in [-0.1, -0.05) is 11.6 Å². The van der Waals surface area contributed by atoms with Crippen LogP contribution in [-0.4, -0.2) is 39.4 Å². The standard InChI is InChI=1S/C14H16ClN3O4S/c1-4-22-14(19)10(8-16)9-17-13-7-11(5-6-12(13)15)23(20,21)18(2)3/h5-7,9,17H,4H2,1-3H3/b10-9+. The Morgan fingerprint density at radius 2 is 2.13 bits per heavy atom. The molecule has 1 aromatic rings.